The first-order valence-electron chi connectivity index (χ1n) is 8.87. The second-order valence-electron chi connectivity index (χ2n) is 6.86. The van der Waals surface area contributed by atoms with Gasteiger partial charge in [0.15, 0.2) is 11.6 Å². The minimum atomic E-state index is -3.67. The van der Waals surface area contributed by atoms with Gasteiger partial charge in [0.2, 0.25) is 10.0 Å². The van der Waals surface area contributed by atoms with E-state index in [1.807, 2.05) is 0 Å². The summed E-state index contributed by atoms with van der Waals surface area (Å²) in [7, 11) is -3.67. The number of hydrogen-bond donors (Lipinski definition) is 0. The van der Waals surface area contributed by atoms with Crippen LogP contribution in [-0.4, -0.2) is 39.2 Å². The van der Waals surface area contributed by atoms with Gasteiger partial charge >= 0.3 is 0 Å². The zero-order valence-corrected chi connectivity index (χ0v) is 15.4. The molecule has 0 N–H and O–H groups in total. The van der Waals surface area contributed by atoms with Crippen LogP contribution in [-0.2, 0) is 23.0 Å². The van der Waals surface area contributed by atoms with E-state index in [1.54, 1.807) is 18.2 Å². The standard InChI is InChI=1S/C16H23N5O3S/c1-11-15(12(2)24-19-11)25(22,23)21-10-6-7-13(21)16-18-17-14-8-4-3-5-9-20(14)16/h13H,3-10H2,1-2H3. The molecule has 1 saturated heterocycles. The first kappa shape index (κ1) is 16.7. The molecule has 0 bridgehead atoms. The lowest BCUT2D eigenvalue weighted by atomic mass is 10.2. The van der Waals surface area contributed by atoms with Crippen molar-refractivity contribution in [1.82, 2.24) is 24.2 Å². The molecule has 1 fully saturated rings. The summed E-state index contributed by atoms with van der Waals surface area (Å²) in [6.07, 6.45) is 5.87. The molecule has 0 spiro atoms. The quantitative estimate of drug-likeness (QED) is 0.827. The molecule has 4 rings (SSSR count). The summed E-state index contributed by atoms with van der Waals surface area (Å²) in [5, 5.41) is 12.5. The summed E-state index contributed by atoms with van der Waals surface area (Å²) in [4.78, 5) is 0.190. The molecule has 2 aliphatic rings. The van der Waals surface area contributed by atoms with Gasteiger partial charge in [0, 0.05) is 19.5 Å². The van der Waals surface area contributed by atoms with E-state index in [0.29, 0.717) is 18.0 Å². The predicted octanol–water partition coefficient (Wildman–Crippen LogP) is 2.14. The lowest BCUT2D eigenvalue weighted by Crippen LogP contribution is -2.32. The van der Waals surface area contributed by atoms with Crippen LogP contribution < -0.4 is 0 Å². The van der Waals surface area contributed by atoms with Crippen molar-refractivity contribution in [3.05, 3.63) is 23.1 Å². The molecule has 2 aromatic rings. The molecule has 0 saturated carbocycles. The van der Waals surface area contributed by atoms with Gasteiger partial charge in [0.05, 0.1) is 6.04 Å². The van der Waals surface area contributed by atoms with Gasteiger partial charge in [0.25, 0.3) is 0 Å². The Morgan fingerprint density at radius 2 is 1.92 bits per heavy atom. The molecule has 0 amide bonds. The maximum Gasteiger partial charge on any atom is 0.249 e. The Hall–Kier alpha value is -1.74. The van der Waals surface area contributed by atoms with Gasteiger partial charge in [-0.2, -0.15) is 4.31 Å². The van der Waals surface area contributed by atoms with Crippen LogP contribution in [0.1, 0.15) is 61.2 Å². The molecule has 2 aliphatic heterocycles. The molecule has 0 aliphatic carbocycles. The number of fused-ring (bicyclic) bond motifs is 1. The van der Waals surface area contributed by atoms with Crippen molar-refractivity contribution in [3.8, 4) is 0 Å². The van der Waals surface area contributed by atoms with Gasteiger partial charge in [-0.3, -0.25) is 0 Å². The maximum absolute atomic E-state index is 13.2. The van der Waals surface area contributed by atoms with Crippen LogP contribution in [0.15, 0.2) is 9.42 Å². The highest BCUT2D eigenvalue weighted by atomic mass is 32.2. The first-order valence-corrected chi connectivity index (χ1v) is 10.3. The summed E-state index contributed by atoms with van der Waals surface area (Å²) >= 11 is 0. The monoisotopic (exact) mass is 365 g/mol. The topological polar surface area (TPSA) is 94.1 Å². The average molecular weight is 365 g/mol. The molecule has 0 aromatic carbocycles. The van der Waals surface area contributed by atoms with Gasteiger partial charge in [-0.25, -0.2) is 8.42 Å². The largest absolute Gasteiger partial charge is 0.360 e. The van der Waals surface area contributed by atoms with E-state index in [4.69, 9.17) is 4.52 Å². The number of rotatable bonds is 3. The lowest BCUT2D eigenvalue weighted by molar-refractivity contribution is 0.367. The van der Waals surface area contributed by atoms with Gasteiger partial charge < -0.3 is 9.09 Å². The molecule has 136 valence electrons. The highest BCUT2D eigenvalue weighted by Crippen LogP contribution is 2.38. The van der Waals surface area contributed by atoms with Crippen LogP contribution in [0.4, 0.5) is 0 Å². The fourth-order valence-corrected chi connectivity index (χ4v) is 5.95. The van der Waals surface area contributed by atoms with Crippen LogP contribution >= 0.6 is 0 Å². The summed E-state index contributed by atoms with van der Waals surface area (Å²) in [6.45, 7) is 4.66. The van der Waals surface area contributed by atoms with Crippen molar-refractivity contribution in [1.29, 1.82) is 0 Å². The summed E-state index contributed by atoms with van der Waals surface area (Å²) in [5.74, 6) is 2.10. The Bertz CT molecular complexity index is 866. The van der Waals surface area contributed by atoms with E-state index >= 15 is 0 Å². The third kappa shape index (κ3) is 2.69. The smallest absolute Gasteiger partial charge is 0.249 e. The van der Waals surface area contributed by atoms with Crippen LogP contribution in [0.25, 0.3) is 0 Å². The second-order valence-corrected chi connectivity index (χ2v) is 8.69. The van der Waals surface area contributed by atoms with E-state index < -0.39 is 10.0 Å². The molecule has 8 nitrogen and oxygen atoms in total. The van der Waals surface area contributed by atoms with Gasteiger partial charge in [-0.05, 0) is 39.5 Å². The predicted molar refractivity (Wildman–Crippen MR) is 89.4 cm³/mol. The lowest BCUT2D eigenvalue weighted by Gasteiger charge is -2.24. The van der Waals surface area contributed by atoms with Gasteiger partial charge in [-0.15, -0.1) is 10.2 Å². The SMILES string of the molecule is Cc1noc(C)c1S(=O)(=O)N1CCCC1c1nnc2n1CCCCC2. The molecular weight excluding hydrogens is 342 g/mol. The Kier molecular flexibility index (Phi) is 4.15. The van der Waals surface area contributed by atoms with Crippen LogP contribution in [0.5, 0.6) is 0 Å². The van der Waals surface area contributed by atoms with Gasteiger partial charge in [-0.1, -0.05) is 11.6 Å². The molecule has 1 unspecified atom stereocenters. The number of aryl methyl sites for hydroxylation is 3. The van der Waals surface area contributed by atoms with Crippen LogP contribution in [0, 0.1) is 13.8 Å². The van der Waals surface area contributed by atoms with Crippen molar-refractivity contribution in [2.24, 2.45) is 0 Å². The zero-order valence-electron chi connectivity index (χ0n) is 14.6. The summed E-state index contributed by atoms with van der Waals surface area (Å²) in [6, 6.07) is -0.266. The minimum Gasteiger partial charge on any atom is -0.360 e. The van der Waals surface area contributed by atoms with Gasteiger partial charge in [0.1, 0.15) is 16.4 Å². The Labute approximate surface area is 147 Å². The normalized spacial score (nSPS) is 22.1. The molecule has 25 heavy (non-hydrogen) atoms. The number of hydrogen-bond acceptors (Lipinski definition) is 6. The second kappa shape index (κ2) is 6.21. The molecule has 2 aromatic heterocycles. The zero-order chi connectivity index (χ0) is 17.6. The number of nitrogens with zero attached hydrogens (tertiary/aromatic N) is 5. The Morgan fingerprint density at radius 1 is 1.08 bits per heavy atom. The van der Waals surface area contributed by atoms with E-state index in [9.17, 15) is 8.42 Å². The maximum atomic E-state index is 13.2. The molecule has 4 heterocycles. The summed E-state index contributed by atoms with van der Waals surface area (Å²) in [5.41, 5.74) is 0.406. The molecule has 1 atom stereocenters. The van der Waals surface area contributed by atoms with Crippen molar-refractivity contribution < 1.29 is 12.9 Å². The highest BCUT2D eigenvalue weighted by molar-refractivity contribution is 7.89. The fraction of sp³-hybridized carbons (Fsp3) is 0.688. The van der Waals surface area contributed by atoms with E-state index in [0.717, 1.165) is 50.3 Å². The van der Waals surface area contributed by atoms with Crippen molar-refractivity contribution in [3.63, 3.8) is 0 Å². The summed E-state index contributed by atoms with van der Waals surface area (Å²) < 4.78 is 35.3. The number of sulfonamides is 1. The first-order chi connectivity index (χ1) is 12.0. The Morgan fingerprint density at radius 3 is 2.68 bits per heavy atom. The van der Waals surface area contributed by atoms with Crippen LogP contribution in [0.3, 0.4) is 0 Å². The fourth-order valence-electron chi connectivity index (χ4n) is 4.00. The van der Waals surface area contributed by atoms with E-state index in [1.165, 1.54) is 6.42 Å². The van der Waals surface area contributed by atoms with E-state index in [-0.39, 0.29) is 10.9 Å². The van der Waals surface area contributed by atoms with Crippen molar-refractivity contribution in [2.75, 3.05) is 6.54 Å². The average Bonchev–Trinajstić information content (AvgIpc) is 3.23. The molecule has 9 heteroatoms. The number of aromatic nitrogens is 4. The highest BCUT2D eigenvalue weighted by Gasteiger charge is 2.41. The Balaban J connectivity index is 1.74. The third-order valence-electron chi connectivity index (χ3n) is 5.17. The minimum absolute atomic E-state index is 0.190. The van der Waals surface area contributed by atoms with Crippen molar-refractivity contribution in [2.45, 2.75) is 69.9 Å². The third-order valence-corrected chi connectivity index (χ3v) is 7.33. The molecular formula is C16H23N5O3S. The van der Waals surface area contributed by atoms with Crippen LogP contribution in [0.2, 0.25) is 0 Å². The van der Waals surface area contributed by atoms with E-state index in [2.05, 4.69) is 19.9 Å². The molecule has 0 radical (unpaired) electrons. The van der Waals surface area contributed by atoms with Crippen molar-refractivity contribution >= 4 is 10.0 Å².